The Hall–Kier alpha value is -2.13. The van der Waals surface area contributed by atoms with Crippen molar-refractivity contribution in [3.05, 3.63) is 92.2 Å². The van der Waals surface area contributed by atoms with Gasteiger partial charge in [-0.1, -0.05) is 80.4 Å². The van der Waals surface area contributed by atoms with Gasteiger partial charge in [0.25, 0.3) is 0 Å². The van der Waals surface area contributed by atoms with Crippen LogP contribution in [0.2, 0.25) is 0 Å². The number of rotatable bonds is 17. The summed E-state index contributed by atoms with van der Waals surface area (Å²) in [7, 11) is 0. The van der Waals surface area contributed by atoms with E-state index in [4.69, 9.17) is 19.4 Å². The maximum absolute atomic E-state index is 5.94. The lowest BCUT2D eigenvalue weighted by atomic mass is 10.0. The number of benzene rings is 2. The minimum Gasteiger partial charge on any atom is -0.377 e. The topological polar surface area (TPSA) is 44.2 Å². The van der Waals surface area contributed by atoms with Crippen molar-refractivity contribution >= 4 is 38.5 Å². The molecule has 0 aliphatic rings. The lowest BCUT2D eigenvalue weighted by molar-refractivity contribution is 0.117. The molecule has 0 aliphatic heterocycles. The molecule has 0 bridgehead atoms. The Morgan fingerprint density at radius 3 is 1.62 bits per heavy atom. The first-order chi connectivity index (χ1) is 20.6. The van der Waals surface area contributed by atoms with Crippen LogP contribution in [-0.4, -0.2) is 23.2 Å². The van der Waals surface area contributed by atoms with Crippen LogP contribution >= 0.6 is 38.5 Å². The predicted molar refractivity (Wildman–Crippen MR) is 186 cm³/mol. The van der Waals surface area contributed by atoms with Gasteiger partial charge < -0.3 is 9.47 Å². The molecule has 0 amide bonds. The molecule has 2 aromatic heterocycles. The standard InChI is InChI=1S/C36H42BrIN2O2/c1-3-5-7-9-15-41-25-27-17-31(21-33(37)19-27)29-11-13-35(39-23-29)36-14-12-30(24-40-36)32-18-28(20-34(38)22-32)26-42-16-10-8-6-4-2/h11-14,17-24H,3-10,15-16,25-26H2,1-2H3. The van der Waals surface area contributed by atoms with Crippen LogP contribution in [0.4, 0.5) is 0 Å². The van der Waals surface area contributed by atoms with E-state index in [1.54, 1.807) is 0 Å². The average Bonchev–Trinajstić information content (AvgIpc) is 3.00. The van der Waals surface area contributed by atoms with Crippen LogP contribution in [0.15, 0.2) is 77.5 Å². The molecule has 0 N–H and O–H groups in total. The van der Waals surface area contributed by atoms with Crippen molar-refractivity contribution in [2.45, 2.75) is 78.4 Å². The highest BCUT2D eigenvalue weighted by Gasteiger charge is 2.08. The largest absolute Gasteiger partial charge is 0.377 e. The van der Waals surface area contributed by atoms with Gasteiger partial charge in [-0.3, -0.25) is 9.97 Å². The van der Waals surface area contributed by atoms with Crippen molar-refractivity contribution in [2.75, 3.05) is 13.2 Å². The number of nitrogens with zero attached hydrogens (tertiary/aromatic N) is 2. The highest BCUT2D eigenvalue weighted by Crippen LogP contribution is 2.28. The minimum atomic E-state index is 0.619. The second kappa shape index (κ2) is 17.9. The Bertz CT molecular complexity index is 1270. The lowest BCUT2D eigenvalue weighted by Gasteiger charge is -2.10. The number of pyridine rings is 2. The molecular weight excluding hydrogens is 699 g/mol. The number of ether oxygens (including phenoxy) is 2. The van der Waals surface area contributed by atoms with Gasteiger partial charge in [0, 0.05) is 44.8 Å². The summed E-state index contributed by atoms with van der Waals surface area (Å²) in [6, 6.07) is 21.4. The van der Waals surface area contributed by atoms with Crippen LogP contribution in [0.5, 0.6) is 0 Å². The van der Waals surface area contributed by atoms with Crippen LogP contribution in [0.1, 0.15) is 76.3 Å². The third-order valence-corrected chi connectivity index (χ3v) is 8.27. The minimum absolute atomic E-state index is 0.619. The normalized spacial score (nSPS) is 11.2. The maximum Gasteiger partial charge on any atom is 0.0886 e. The van der Waals surface area contributed by atoms with Gasteiger partial charge in [-0.25, -0.2) is 0 Å². The van der Waals surface area contributed by atoms with Gasteiger partial charge in [0.1, 0.15) is 0 Å². The van der Waals surface area contributed by atoms with Gasteiger partial charge >= 0.3 is 0 Å². The Morgan fingerprint density at radius 2 is 1.12 bits per heavy atom. The summed E-state index contributed by atoms with van der Waals surface area (Å²) in [6.45, 7) is 7.35. The van der Waals surface area contributed by atoms with Crippen molar-refractivity contribution in [2.24, 2.45) is 0 Å². The number of unbranched alkanes of at least 4 members (excludes halogenated alkanes) is 6. The van der Waals surface area contributed by atoms with Crippen molar-refractivity contribution in [1.82, 2.24) is 9.97 Å². The monoisotopic (exact) mass is 740 g/mol. The van der Waals surface area contributed by atoms with Crippen LogP contribution in [0.25, 0.3) is 33.6 Å². The third-order valence-electron chi connectivity index (χ3n) is 7.19. The second-order valence-electron chi connectivity index (χ2n) is 10.8. The Morgan fingerprint density at radius 1 is 0.595 bits per heavy atom. The third kappa shape index (κ3) is 10.5. The number of hydrogen-bond acceptors (Lipinski definition) is 4. The quantitative estimate of drug-likeness (QED) is 0.0799. The first-order valence-corrected chi connectivity index (χ1v) is 17.1. The summed E-state index contributed by atoms with van der Waals surface area (Å²) in [4.78, 5) is 9.51. The molecule has 222 valence electrons. The number of halogens is 2. The Balaban J connectivity index is 1.38. The predicted octanol–water partition coefficient (Wildman–Crippen LogP) is 11.0. The van der Waals surface area contributed by atoms with Crippen LogP contribution < -0.4 is 0 Å². The SMILES string of the molecule is CCCCCCOCc1cc(Br)cc(-c2ccc(-c3ccc(-c4cc(I)cc(COCCCCCC)c4)cn3)nc2)c1. The average molecular weight is 742 g/mol. The molecule has 4 aromatic rings. The van der Waals surface area contributed by atoms with E-state index in [0.29, 0.717) is 13.2 Å². The fourth-order valence-electron chi connectivity index (χ4n) is 4.87. The zero-order chi connectivity index (χ0) is 29.6. The summed E-state index contributed by atoms with van der Waals surface area (Å²) in [6.07, 6.45) is 13.6. The van der Waals surface area contributed by atoms with E-state index in [1.165, 1.54) is 47.7 Å². The maximum atomic E-state index is 5.94. The molecule has 0 unspecified atom stereocenters. The van der Waals surface area contributed by atoms with Gasteiger partial charge in [0.05, 0.1) is 24.6 Å². The first kappa shape index (κ1) is 32.8. The van der Waals surface area contributed by atoms with E-state index < -0.39 is 0 Å². The summed E-state index contributed by atoms with van der Waals surface area (Å²) in [5.41, 5.74) is 8.51. The van der Waals surface area contributed by atoms with E-state index in [1.807, 2.05) is 18.5 Å². The highest BCUT2D eigenvalue weighted by molar-refractivity contribution is 14.1. The molecule has 42 heavy (non-hydrogen) atoms. The molecule has 0 radical (unpaired) electrons. The molecule has 0 fully saturated rings. The molecule has 0 spiro atoms. The van der Waals surface area contributed by atoms with Crippen molar-refractivity contribution < 1.29 is 9.47 Å². The number of hydrogen-bond donors (Lipinski definition) is 0. The van der Waals surface area contributed by atoms with Crippen LogP contribution in [0.3, 0.4) is 0 Å². The van der Waals surface area contributed by atoms with Gasteiger partial charge in [0.15, 0.2) is 0 Å². The van der Waals surface area contributed by atoms with Crippen LogP contribution in [0, 0.1) is 3.57 Å². The van der Waals surface area contributed by atoms with Crippen molar-refractivity contribution in [3.8, 4) is 33.6 Å². The van der Waals surface area contributed by atoms with E-state index in [-0.39, 0.29) is 0 Å². The van der Waals surface area contributed by atoms with E-state index >= 15 is 0 Å². The van der Waals surface area contributed by atoms with E-state index in [2.05, 4.69) is 107 Å². The van der Waals surface area contributed by atoms with Crippen molar-refractivity contribution in [1.29, 1.82) is 0 Å². The summed E-state index contributed by atoms with van der Waals surface area (Å²) >= 11 is 6.05. The van der Waals surface area contributed by atoms with E-state index in [9.17, 15) is 0 Å². The lowest BCUT2D eigenvalue weighted by Crippen LogP contribution is -1.97. The number of aromatic nitrogens is 2. The molecule has 6 heteroatoms. The molecule has 0 atom stereocenters. The molecule has 4 rings (SSSR count). The molecular formula is C36H42BrIN2O2. The molecule has 0 saturated heterocycles. The van der Waals surface area contributed by atoms with Gasteiger partial charge in [0.2, 0.25) is 0 Å². The van der Waals surface area contributed by atoms with Gasteiger partial charge in [-0.05, 0) is 106 Å². The second-order valence-corrected chi connectivity index (χ2v) is 12.9. The molecule has 0 aliphatic carbocycles. The zero-order valence-electron chi connectivity index (χ0n) is 24.9. The molecule has 4 nitrogen and oxygen atoms in total. The Labute approximate surface area is 274 Å². The van der Waals surface area contributed by atoms with Crippen molar-refractivity contribution in [3.63, 3.8) is 0 Å². The molecule has 0 saturated carbocycles. The van der Waals surface area contributed by atoms with Gasteiger partial charge in [-0.15, -0.1) is 0 Å². The summed E-state index contributed by atoms with van der Waals surface area (Å²) < 4.78 is 14.1. The fourth-order valence-corrected chi connectivity index (χ4v) is 6.15. The smallest absolute Gasteiger partial charge is 0.0886 e. The van der Waals surface area contributed by atoms with Gasteiger partial charge in [-0.2, -0.15) is 0 Å². The summed E-state index contributed by atoms with van der Waals surface area (Å²) in [5, 5.41) is 0. The first-order valence-electron chi connectivity index (χ1n) is 15.2. The Kier molecular flexibility index (Phi) is 13.9. The van der Waals surface area contributed by atoms with Crippen LogP contribution in [-0.2, 0) is 22.7 Å². The van der Waals surface area contributed by atoms with E-state index in [0.717, 1.165) is 69.7 Å². The highest BCUT2D eigenvalue weighted by atomic mass is 127. The summed E-state index contributed by atoms with van der Waals surface area (Å²) in [5.74, 6) is 0. The molecule has 2 aromatic carbocycles. The zero-order valence-corrected chi connectivity index (χ0v) is 28.6. The molecule has 2 heterocycles. The fraction of sp³-hybridized carbons (Fsp3) is 0.389.